The van der Waals surface area contributed by atoms with Crippen molar-refractivity contribution in [1.29, 1.82) is 0 Å². The quantitative estimate of drug-likeness (QED) is 0.556. The van der Waals surface area contributed by atoms with Crippen molar-refractivity contribution in [3.63, 3.8) is 0 Å². The van der Waals surface area contributed by atoms with Gasteiger partial charge in [-0.05, 0) is 57.2 Å². The summed E-state index contributed by atoms with van der Waals surface area (Å²) in [5.41, 5.74) is 1.30. The number of benzene rings is 1. The molecule has 0 saturated carbocycles. The summed E-state index contributed by atoms with van der Waals surface area (Å²) in [5.74, 6) is -0.645. The van der Waals surface area contributed by atoms with Gasteiger partial charge in [-0.3, -0.25) is 19.7 Å². The number of hydrogen-bond donors (Lipinski definition) is 3. The van der Waals surface area contributed by atoms with Crippen molar-refractivity contribution < 1.29 is 18.8 Å². The molecule has 8 nitrogen and oxygen atoms in total. The molecule has 30 heavy (non-hydrogen) atoms. The number of carbonyl (C=O) groups is 3. The molecule has 0 unspecified atom stereocenters. The van der Waals surface area contributed by atoms with E-state index in [9.17, 15) is 14.4 Å². The molecule has 3 aromatic rings. The molecule has 0 aliphatic rings. The van der Waals surface area contributed by atoms with E-state index in [2.05, 4.69) is 20.9 Å². The Morgan fingerprint density at radius 2 is 1.77 bits per heavy atom. The summed E-state index contributed by atoms with van der Waals surface area (Å²) in [6, 6.07) is 9.83. The van der Waals surface area contributed by atoms with Crippen LogP contribution in [-0.2, 0) is 11.2 Å². The van der Waals surface area contributed by atoms with Gasteiger partial charge in [0.15, 0.2) is 10.9 Å². The first-order chi connectivity index (χ1) is 14.2. The van der Waals surface area contributed by atoms with E-state index < -0.39 is 5.91 Å². The summed E-state index contributed by atoms with van der Waals surface area (Å²) in [4.78, 5) is 40.6. The molecule has 0 atom stereocenters. The Kier molecular flexibility index (Phi) is 6.31. The topological polar surface area (TPSA) is 113 Å². The van der Waals surface area contributed by atoms with Gasteiger partial charge in [0.2, 0.25) is 5.91 Å². The van der Waals surface area contributed by atoms with Crippen molar-refractivity contribution in [2.75, 3.05) is 10.6 Å². The standard InChI is InChI=1S/C21H22N4O4S/c1-21(2,3)25-18(27)13-6-8-14(9-7-13)22-17(26)11-15-12-30-20(23-15)24-19(28)16-5-4-10-29-16/h4-10,12H,11H2,1-3H3,(H,22,26)(H,25,27)(H,23,24,28). The molecular formula is C21H22N4O4S. The zero-order valence-electron chi connectivity index (χ0n) is 16.8. The first-order valence-corrected chi connectivity index (χ1v) is 10.1. The van der Waals surface area contributed by atoms with Gasteiger partial charge in [-0.25, -0.2) is 4.98 Å². The highest BCUT2D eigenvalue weighted by Gasteiger charge is 2.16. The lowest BCUT2D eigenvalue weighted by Crippen LogP contribution is -2.40. The third-order valence-electron chi connectivity index (χ3n) is 3.78. The van der Waals surface area contributed by atoms with Crippen molar-refractivity contribution in [1.82, 2.24) is 10.3 Å². The number of rotatable bonds is 6. The molecule has 2 heterocycles. The van der Waals surface area contributed by atoms with Crippen molar-refractivity contribution in [3.8, 4) is 0 Å². The molecular weight excluding hydrogens is 404 g/mol. The molecule has 0 spiro atoms. The molecule has 0 radical (unpaired) electrons. The maximum Gasteiger partial charge on any atom is 0.293 e. The number of hydrogen-bond acceptors (Lipinski definition) is 6. The zero-order valence-corrected chi connectivity index (χ0v) is 17.6. The molecule has 9 heteroatoms. The summed E-state index contributed by atoms with van der Waals surface area (Å²) >= 11 is 1.22. The molecule has 0 fully saturated rings. The van der Waals surface area contributed by atoms with Gasteiger partial charge in [0, 0.05) is 22.2 Å². The summed E-state index contributed by atoms with van der Waals surface area (Å²) < 4.78 is 5.03. The fraction of sp³-hybridized carbons (Fsp3) is 0.238. The average molecular weight is 426 g/mol. The number of anilines is 2. The molecule has 0 aliphatic carbocycles. The normalized spacial score (nSPS) is 11.0. The number of amides is 3. The van der Waals surface area contributed by atoms with Crippen LogP contribution in [0.15, 0.2) is 52.5 Å². The lowest BCUT2D eigenvalue weighted by atomic mass is 10.1. The molecule has 0 saturated heterocycles. The van der Waals surface area contributed by atoms with E-state index >= 15 is 0 Å². The number of thiazole rings is 1. The van der Waals surface area contributed by atoms with Gasteiger partial charge in [-0.2, -0.15) is 0 Å². The first kappa shape index (κ1) is 21.3. The molecule has 0 bridgehead atoms. The van der Waals surface area contributed by atoms with Crippen LogP contribution in [0.2, 0.25) is 0 Å². The first-order valence-electron chi connectivity index (χ1n) is 9.21. The highest BCUT2D eigenvalue weighted by atomic mass is 32.1. The van der Waals surface area contributed by atoms with Gasteiger partial charge in [0.1, 0.15) is 0 Å². The Hall–Kier alpha value is -3.46. The molecule has 3 N–H and O–H groups in total. The second kappa shape index (κ2) is 8.91. The lowest BCUT2D eigenvalue weighted by Gasteiger charge is -2.20. The Morgan fingerprint density at radius 3 is 2.40 bits per heavy atom. The van der Waals surface area contributed by atoms with E-state index in [1.54, 1.807) is 41.8 Å². The second-order valence-electron chi connectivity index (χ2n) is 7.58. The van der Waals surface area contributed by atoms with Crippen LogP contribution in [0.5, 0.6) is 0 Å². The van der Waals surface area contributed by atoms with Crippen molar-refractivity contribution in [2.24, 2.45) is 0 Å². The third-order valence-corrected chi connectivity index (χ3v) is 4.58. The van der Waals surface area contributed by atoms with Gasteiger partial charge in [-0.1, -0.05) is 0 Å². The number of carbonyl (C=O) groups excluding carboxylic acids is 3. The Morgan fingerprint density at radius 1 is 1.03 bits per heavy atom. The molecule has 156 valence electrons. The van der Waals surface area contributed by atoms with Crippen LogP contribution in [0.25, 0.3) is 0 Å². The van der Waals surface area contributed by atoms with Crippen LogP contribution >= 0.6 is 11.3 Å². The monoisotopic (exact) mass is 426 g/mol. The smallest absolute Gasteiger partial charge is 0.293 e. The number of aromatic nitrogens is 1. The highest BCUT2D eigenvalue weighted by Crippen LogP contribution is 2.18. The number of nitrogens with zero attached hydrogens (tertiary/aromatic N) is 1. The van der Waals surface area contributed by atoms with Crippen LogP contribution < -0.4 is 16.0 Å². The Labute approximate surface area is 177 Å². The van der Waals surface area contributed by atoms with Crippen LogP contribution in [0.4, 0.5) is 10.8 Å². The van der Waals surface area contributed by atoms with Crippen LogP contribution in [0.1, 0.15) is 47.4 Å². The summed E-state index contributed by atoms with van der Waals surface area (Å²) in [5, 5.41) is 10.4. The van der Waals surface area contributed by atoms with Crippen LogP contribution in [-0.4, -0.2) is 28.2 Å². The van der Waals surface area contributed by atoms with E-state index in [1.807, 2.05) is 20.8 Å². The summed E-state index contributed by atoms with van der Waals surface area (Å²) in [6.45, 7) is 5.73. The maximum atomic E-state index is 12.3. The zero-order chi connectivity index (χ0) is 21.7. The SMILES string of the molecule is CC(C)(C)NC(=O)c1ccc(NC(=O)Cc2csc(NC(=O)c3ccco3)n2)cc1. The summed E-state index contributed by atoms with van der Waals surface area (Å²) in [7, 11) is 0. The average Bonchev–Trinajstić information content (AvgIpc) is 3.33. The molecule has 1 aromatic carbocycles. The minimum Gasteiger partial charge on any atom is -0.459 e. The van der Waals surface area contributed by atoms with Gasteiger partial charge in [-0.15, -0.1) is 11.3 Å². The van der Waals surface area contributed by atoms with Crippen LogP contribution in [0, 0.1) is 0 Å². The van der Waals surface area contributed by atoms with E-state index in [-0.39, 0.29) is 29.5 Å². The fourth-order valence-corrected chi connectivity index (χ4v) is 3.20. The molecule has 3 amide bonds. The molecule has 0 aliphatic heterocycles. The van der Waals surface area contributed by atoms with Gasteiger partial charge < -0.3 is 15.1 Å². The largest absolute Gasteiger partial charge is 0.459 e. The second-order valence-corrected chi connectivity index (χ2v) is 8.44. The van der Waals surface area contributed by atoms with E-state index in [4.69, 9.17) is 4.42 Å². The van der Waals surface area contributed by atoms with E-state index in [1.165, 1.54) is 17.6 Å². The van der Waals surface area contributed by atoms with Crippen molar-refractivity contribution in [3.05, 3.63) is 65.1 Å². The lowest BCUT2D eigenvalue weighted by molar-refractivity contribution is -0.115. The van der Waals surface area contributed by atoms with E-state index in [0.29, 0.717) is 22.1 Å². The van der Waals surface area contributed by atoms with Crippen molar-refractivity contribution >= 4 is 39.9 Å². The Balaban J connectivity index is 1.53. The third kappa shape index (κ3) is 6.02. The van der Waals surface area contributed by atoms with Gasteiger partial charge in [0.25, 0.3) is 11.8 Å². The number of furan rings is 1. The minimum atomic E-state index is -0.402. The van der Waals surface area contributed by atoms with Gasteiger partial charge >= 0.3 is 0 Å². The summed E-state index contributed by atoms with van der Waals surface area (Å²) in [6.07, 6.45) is 1.47. The van der Waals surface area contributed by atoms with Crippen molar-refractivity contribution in [2.45, 2.75) is 32.7 Å². The Bertz CT molecular complexity index is 1030. The number of nitrogens with one attached hydrogen (secondary N) is 3. The predicted octanol–water partition coefficient (Wildman–Crippen LogP) is 3.70. The predicted molar refractivity (Wildman–Crippen MR) is 115 cm³/mol. The highest BCUT2D eigenvalue weighted by molar-refractivity contribution is 7.14. The fourth-order valence-electron chi connectivity index (χ4n) is 2.50. The van der Waals surface area contributed by atoms with Gasteiger partial charge in [0.05, 0.1) is 18.4 Å². The molecule has 2 aromatic heterocycles. The minimum absolute atomic E-state index is 0.0549. The van der Waals surface area contributed by atoms with Crippen LogP contribution in [0.3, 0.4) is 0 Å². The van der Waals surface area contributed by atoms with E-state index in [0.717, 1.165) is 0 Å². The maximum absolute atomic E-state index is 12.3. The molecule has 3 rings (SSSR count).